The van der Waals surface area contributed by atoms with E-state index in [4.69, 9.17) is 0 Å². The van der Waals surface area contributed by atoms with Crippen molar-refractivity contribution in [2.24, 2.45) is 5.92 Å². The Morgan fingerprint density at radius 2 is 2.00 bits per heavy atom. The maximum atomic E-state index is 12.8. The van der Waals surface area contributed by atoms with E-state index in [0.29, 0.717) is 5.92 Å². The fraction of sp³-hybridized carbons (Fsp3) is 0.684. The molecule has 0 saturated carbocycles. The van der Waals surface area contributed by atoms with Gasteiger partial charge in [-0.2, -0.15) is 0 Å². The summed E-state index contributed by atoms with van der Waals surface area (Å²) in [7, 11) is 2.19. The van der Waals surface area contributed by atoms with E-state index < -0.39 is 0 Å². The Hall–Kier alpha value is -1.46. The molecule has 1 aromatic rings. The number of likely N-dealkylation sites (tertiary alicyclic amines) is 1. The molecule has 2 saturated heterocycles. The standard InChI is InChI=1S/C19H30N4O/c1-3-22-7-9-23(10-8-22)19(24)18-12-17(13-20-14-18)11-16-5-4-6-21(2)15-16/h12-14,16H,3-11,15H2,1-2H3. The summed E-state index contributed by atoms with van der Waals surface area (Å²) < 4.78 is 0. The summed E-state index contributed by atoms with van der Waals surface area (Å²) in [6.45, 7) is 9.19. The number of pyridine rings is 1. The van der Waals surface area contributed by atoms with Crippen molar-refractivity contribution in [1.82, 2.24) is 19.7 Å². The molecule has 1 amide bonds. The first kappa shape index (κ1) is 17.4. The van der Waals surface area contributed by atoms with Crippen molar-refractivity contribution in [2.45, 2.75) is 26.2 Å². The lowest BCUT2D eigenvalue weighted by molar-refractivity contribution is 0.0643. The monoisotopic (exact) mass is 330 g/mol. The zero-order valence-corrected chi connectivity index (χ0v) is 15.1. The Balaban J connectivity index is 1.61. The lowest BCUT2D eigenvalue weighted by Crippen LogP contribution is -2.48. The molecule has 0 spiro atoms. The molecule has 0 aromatic carbocycles. The van der Waals surface area contributed by atoms with Crippen molar-refractivity contribution in [3.63, 3.8) is 0 Å². The molecule has 24 heavy (non-hydrogen) atoms. The van der Waals surface area contributed by atoms with Crippen LogP contribution in [0.25, 0.3) is 0 Å². The Morgan fingerprint density at radius 1 is 1.21 bits per heavy atom. The molecule has 0 aliphatic carbocycles. The SMILES string of the molecule is CCN1CCN(C(=O)c2cncc(CC3CCCN(C)C3)c2)CC1. The Bertz CT molecular complexity index is 554. The number of piperidine rings is 1. The van der Waals surface area contributed by atoms with E-state index in [1.807, 2.05) is 11.1 Å². The number of aromatic nitrogens is 1. The van der Waals surface area contributed by atoms with Crippen molar-refractivity contribution in [2.75, 3.05) is 52.9 Å². The van der Waals surface area contributed by atoms with Gasteiger partial charge in [-0.1, -0.05) is 6.92 Å². The minimum Gasteiger partial charge on any atom is -0.336 e. The van der Waals surface area contributed by atoms with Crippen LogP contribution in [0.2, 0.25) is 0 Å². The molecule has 2 aliphatic rings. The molecule has 1 aromatic heterocycles. The van der Waals surface area contributed by atoms with Gasteiger partial charge in [-0.3, -0.25) is 9.78 Å². The van der Waals surface area contributed by atoms with E-state index in [9.17, 15) is 4.79 Å². The van der Waals surface area contributed by atoms with Crippen LogP contribution in [0, 0.1) is 5.92 Å². The zero-order valence-electron chi connectivity index (χ0n) is 15.1. The molecule has 3 rings (SSSR count). The molecule has 0 N–H and O–H groups in total. The fourth-order valence-electron chi connectivity index (χ4n) is 3.94. The highest BCUT2D eigenvalue weighted by atomic mass is 16.2. The van der Waals surface area contributed by atoms with Gasteiger partial charge in [0, 0.05) is 45.1 Å². The third-order valence-corrected chi connectivity index (χ3v) is 5.40. The van der Waals surface area contributed by atoms with E-state index in [-0.39, 0.29) is 5.91 Å². The van der Waals surface area contributed by atoms with Gasteiger partial charge >= 0.3 is 0 Å². The van der Waals surface area contributed by atoms with Gasteiger partial charge in [0.05, 0.1) is 5.56 Å². The molecule has 0 bridgehead atoms. The summed E-state index contributed by atoms with van der Waals surface area (Å²) >= 11 is 0. The predicted molar refractivity (Wildman–Crippen MR) is 96.2 cm³/mol. The smallest absolute Gasteiger partial charge is 0.255 e. The van der Waals surface area contributed by atoms with E-state index in [1.165, 1.54) is 24.9 Å². The highest BCUT2D eigenvalue weighted by molar-refractivity contribution is 5.94. The fourth-order valence-corrected chi connectivity index (χ4v) is 3.94. The highest BCUT2D eigenvalue weighted by Gasteiger charge is 2.22. The summed E-state index contributed by atoms with van der Waals surface area (Å²) in [6, 6.07) is 2.07. The van der Waals surface area contributed by atoms with Gasteiger partial charge in [-0.25, -0.2) is 0 Å². The van der Waals surface area contributed by atoms with Gasteiger partial charge in [-0.15, -0.1) is 0 Å². The second-order valence-corrected chi connectivity index (χ2v) is 7.28. The van der Waals surface area contributed by atoms with E-state index in [0.717, 1.165) is 51.3 Å². The van der Waals surface area contributed by atoms with Gasteiger partial charge in [0.25, 0.3) is 5.91 Å². The van der Waals surface area contributed by atoms with Gasteiger partial charge in [-0.05, 0) is 56.9 Å². The van der Waals surface area contributed by atoms with Gasteiger partial charge in [0.1, 0.15) is 0 Å². The van der Waals surface area contributed by atoms with Crippen LogP contribution in [0.3, 0.4) is 0 Å². The van der Waals surface area contributed by atoms with Crippen molar-refractivity contribution < 1.29 is 4.79 Å². The minimum absolute atomic E-state index is 0.140. The van der Waals surface area contributed by atoms with Crippen LogP contribution in [-0.4, -0.2) is 78.5 Å². The summed E-state index contributed by atoms with van der Waals surface area (Å²) in [5.74, 6) is 0.824. The molecule has 5 heteroatoms. The number of amides is 1. The van der Waals surface area contributed by atoms with Crippen LogP contribution in [0.5, 0.6) is 0 Å². The lowest BCUT2D eigenvalue weighted by atomic mass is 9.92. The quantitative estimate of drug-likeness (QED) is 0.843. The lowest BCUT2D eigenvalue weighted by Gasteiger charge is -2.34. The van der Waals surface area contributed by atoms with Crippen LogP contribution >= 0.6 is 0 Å². The molecular formula is C19H30N4O. The topological polar surface area (TPSA) is 39.7 Å². The van der Waals surface area contributed by atoms with Gasteiger partial charge < -0.3 is 14.7 Å². The maximum absolute atomic E-state index is 12.8. The Kier molecular flexibility index (Phi) is 5.85. The summed E-state index contributed by atoms with van der Waals surface area (Å²) in [6.07, 6.45) is 7.24. The maximum Gasteiger partial charge on any atom is 0.255 e. The predicted octanol–water partition coefficient (Wildman–Crippen LogP) is 1.74. The first-order chi connectivity index (χ1) is 11.7. The van der Waals surface area contributed by atoms with E-state index >= 15 is 0 Å². The first-order valence-electron chi connectivity index (χ1n) is 9.30. The molecular weight excluding hydrogens is 300 g/mol. The molecule has 0 radical (unpaired) electrons. The molecule has 1 atom stereocenters. The van der Waals surface area contributed by atoms with Crippen LogP contribution in [0.4, 0.5) is 0 Å². The van der Waals surface area contributed by atoms with Crippen LogP contribution < -0.4 is 0 Å². The molecule has 132 valence electrons. The van der Waals surface area contributed by atoms with Crippen molar-refractivity contribution in [3.05, 3.63) is 29.6 Å². The summed E-state index contributed by atoms with van der Waals surface area (Å²) in [5.41, 5.74) is 1.95. The second-order valence-electron chi connectivity index (χ2n) is 7.28. The van der Waals surface area contributed by atoms with Crippen molar-refractivity contribution in [1.29, 1.82) is 0 Å². The molecule has 3 heterocycles. The number of hydrogen-bond donors (Lipinski definition) is 0. The number of carbonyl (C=O) groups is 1. The third-order valence-electron chi connectivity index (χ3n) is 5.40. The largest absolute Gasteiger partial charge is 0.336 e. The molecule has 2 fully saturated rings. The number of rotatable bonds is 4. The molecule has 1 unspecified atom stereocenters. The average molecular weight is 330 g/mol. The van der Waals surface area contributed by atoms with Crippen LogP contribution in [0.15, 0.2) is 18.5 Å². The van der Waals surface area contributed by atoms with Gasteiger partial charge in [0.15, 0.2) is 0 Å². The van der Waals surface area contributed by atoms with Gasteiger partial charge in [0.2, 0.25) is 0 Å². The van der Waals surface area contributed by atoms with Crippen molar-refractivity contribution >= 4 is 5.91 Å². The Labute approximate surface area is 145 Å². The summed E-state index contributed by atoms with van der Waals surface area (Å²) in [5, 5.41) is 0. The zero-order chi connectivity index (χ0) is 16.9. The molecule has 5 nitrogen and oxygen atoms in total. The van der Waals surface area contributed by atoms with E-state index in [1.54, 1.807) is 6.20 Å². The van der Waals surface area contributed by atoms with Crippen LogP contribution in [-0.2, 0) is 6.42 Å². The normalized spacial score (nSPS) is 23.4. The third kappa shape index (κ3) is 4.33. The number of hydrogen-bond acceptors (Lipinski definition) is 4. The van der Waals surface area contributed by atoms with Crippen LogP contribution in [0.1, 0.15) is 35.7 Å². The van der Waals surface area contributed by atoms with Crippen molar-refractivity contribution in [3.8, 4) is 0 Å². The minimum atomic E-state index is 0.140. The number of piperazine rings is 1. The number of likely N-dealkylation sites (N-methyl/N-ethyl adjacent to an activating group) is 1. The summed E-state index contributed by atoms with van der Waals surface area (Å²) in [4.78, 5) is 23.9. The van der Waals surface area contributed by atoms with E-state index in [2.05, 4.69) is 34.8 Å². The first-order valence-corrected chi connectivity index (χ1v) is 9.30. The molecule has 2 aliphatic heterocycles. The number of carbonyl (C=O) groups excluding carboxylic acids is 1. The number of nitrogens with zero attached hydrogens (tertiary/aromatic N) is 4. The highest BCUT2D eigenvalue weighted by Crippen LogP contribution is 2.20. The second kappa shape index (κ2) is 8.08. The Morgan fingerprint density at radius 3 is 2.71 bits per heavy atom. The average Bonchev–Trinajstić information content (AvgIpc) is 2.61.